The first-order valence-corrected chi connectivity index (χ1v) is 7.97. The molecule has 5 heteroatoms. The zero-order chi connectivity index (χ0) is 14.3. The molecule has 0 aliphatic heterocycles. The first kappa shape index (κ1) is 16.4. The van der Waals surface area contributed by atoms with Gasteiger partial charge in [-0.1, -0.05) is 19.9 Å². The number of nitrogens with one attached hydrogen (secondary N) is 1. The van der Waals surface area contributed by atoms with E-state index in [9.17, 15) is 0 Å². The molecule has 0 aliphatic carbocycles. The van der Waals surface area contributed by atoms with Gasteiger partial charge < -0.3 is 15.1 Å². The van der Waals surface area contributed by atoms with Crippen molar-refractivity contribution >= 4 is 28.7 Å². The maximum absolute atomic E-state index is 5.52. The Bertz CT molecular complexity index is 361. The normalized spacial score (nSPS) is 11.1. The van der Waals surface area contributed by atoms with Crippen LogP contribution in [0.2, 0.25) is 0 Å². The Labute approximate surface area is 126 Å². The van der Waals surface area contributed by atoms with Crippen LogP contribution in [0, 0.1) is 5.92 Å². The van der Waals surface area contributed by atoms with Crippen molar-refractivity contribution in [2.75, 3.05) is 33.7 Å². The van der Waals surface area contributed by atoms with Crippen LogP contribution in [0.25, 0.3) is 0 Å². The molecule has 0 amide bonds. The van der Waals surface area contributed by atoms with Gasteiger partial charge in [0.2, 0.25) is 0 Å². The van der Waals surface area contributed by atoms with E-state index in [2.05, 4.69) is 60.6 Å². The maximum atomic E-state index is 5.52. The molecule has 0 bridgehead atoms. The number of hydrogen-bond acceptors (Lipinski definition) is 3. The molecule has 0 aromatic carbocycles. The van der Waals surface area contributed by atoms with Gasteiger partial charge in [0, 0.05) is 24.5 Å². The van der Waals surface area contributed by atoms with E-state index in [0.29, 0.717) is 5.92 Å². The van der Waals surface area contributed by atoms with E-state index in [-0.39, 0.29) is 0 Å². The topological polar surface area (TPSA) is 18.5 Å². The fourth-order valence-corrected chi connectivity index (χ4v) is 2.61. The third-order valence-corrected chi connectivity index (χ3v) is 3.96. The van der Waals surface area contributed by atoms with Crippen molar-refractivity contribution in [2.45, 2.75) is 20.4 Å². The first-order chi connectivity index (χ1) is 8.99. The minimum Gasteiger partial charge on any atom is -0.358 e. The average Bonchev–Trinajstić information content (AvgIpc) is 2.83. The third-order valence-electron chi connectivity index (χ3n) is 2.68. The molecular weight excluding hydrogens is 274 g/mol. The predicted molar refractivity (Wildman–Crippen MR) is 88.7 cm³/mol. The largest absolute Gasteiger partial charge is 0.358 e. The molecule has 0 atom stereocenters. The molecule has 1 aromatic heterocycles. The molecule has 19 heavy (non-hydrogen) atoms. The minimum atomic E-state index is 0.614. The molecule has 1 aromatic rings. The van der Waals surface area contributed by atoms with Crippen LogP contribution in [0.3, 0.4) is 0 Å². The Balaban J connectivity index is 2.45. The smallest absolute Gasteiger partial charge is 0.169 e. The molecule has 1 N–H and O–H groups in total. The second kappa shape index (κ2) is 8.51. The molecule has 3 nitrogen and oxygen atoms in total. The van der Waals surface area contributed by atoms with Crippen LogP contribution in [0.15, 0.2) is 17.5 Å². The summed E-state index contributed by atoms with van der Waals surface area (Å²) >= 11 is 7.28. The van der Waals surface area contributed by atoms with Crippen LogP contribution in [-0.4, -0.2) is 48.6 Å². The highest BCUT2D eigenvalue weighted by Gasteiger charge is 2.11. The summed E-state index contributed by atoms with van der Waals surface area (Å²) in [5, 5.41) is 6.32. The average molecular weight is 300 g/mol. The number of thiocarbonyl (C=S) groups is 1. The molecule has 0 fully saturated rings. The number of thiophene rings is 1. The van der Waals surface area contributed by atoms with E-state index >= 15 is 0 Å². The van der Waals surface area contributed by atoms with Crippen LogP contribution in [0.5, 0.6) is 0 Å². The zero-order valence-electron chi connectivity index (χ0n) is 12.3. The highest BCUT2D eigenvalue weighted by molar-refractivity contribution is 7.80. The summed E-state index contributed by atoms with van der Waals surface area (Å²) in [6.45, 7) is 8.28. The molecule has 0 unspecified atom stereocenters. The van der Waals surface area contributed by atoms with E-state index in [1.165, 1.54) is 4.88 Å². The van der Waals surface area contributed by atoms with Crippen molar-refractivity contribution in [2.24, 2.45) is 5.92 Å². The fourth-order valence-electron chi connectivity index (χ4n) is 1.72. The summed E-state index contributed by atoms with van der Waals surface area (Å²) < 4.78 is 0. The second-order valence-electron chi connectivity index (χ2n) is 5.38. The zero-order valence-corrected chi connectivity index (χ0v) is 14.0. The van der Waals surface area contributed by atoms with Crippen LogP contribution in [0.1, 0.15) is 18.7 Å². The molecule has 0 saturated heterocycles. The van der Waals surface area contributed by atoms with Crippen molar-refractivity contribution in [3.63, 3.8) is 0 Å². The fraction of sp³-hybridized carbons (Fsp3) is 0.643. The molecular formula is C14H25N3S2. The molecule has 108 valence electrons. The highest BCUT2D eigenvalue weighted by atomic mass is 32.1. The van der Waals surface area contributed by atoms with Crippen LogP contribution < -0.4 is 5.32 Å². The Kier molecular flexibility index (Phi) is 7.34. The lowest BCUT2D eigenvalue weighted by Gasteiger charge is -2.28. The van der Waals surface area contributed by atoms with Gasteiger partial charge in [-0.25, -0.2) is 0 Å². The summed E-state index contributed by atoms with van der Waals surface area (Å²) in [7, 11) is 4.19. The Morgan fingerprint density at radius 3 is 2.63 bits per heavy atom. The van der Waals surface area contributed by atoms with Gasteiger partial charge in [-0.2, -0.15) is 0 Å². The number of likely N-dealkylation sites (N-methyl/N-ethyl adjacent to an activating group) is 1. The molecule has 0 aliphatic rings. The van der Waals surface area contributed by atoms with Gasteiger partial charge in [-0.15, -0.1) is 11.3 Å². The Morgan fingerprint density at radius 1 is 1.37 bits per heavy atom. The van der Waals surface area contributed by atoms with Gasteiger partial charge in [-0.05, 0) is 43.7 Å². The summed E-state index contributed by atoms with van der Waals surface area (Å²) in [5.74, 6) is 0.614. The van der Waals surface area contributed by atoms with Gasteiger partial charge in [0.05, 0.1) is 6.54 Å². The van der Waals surface area contributed by atoms with Gasteiger partial charge in [-0.3, -0.25) is 0 Å². The summed E-state index contributed by atoms with van der Waals surface area (Å²) in [6.07, 6.45) is 0. The van der Waals surface area contributed by atoms with Gasteiger partial charge in [0.15, 0.2) is 5.11 Å². The molecule has 0 radical (unpaired) electrons. The van der Waals surface area contributed by atoms with E-state index < -0.39 is 0 Å². The summed E-state index contributed by atoms with van der Waals surface area (Å²) in [4.78, 5) is 5.78. The number of nitrogens with zero attached hydrogens (tertiary/aromatic N) is 2. The van der Waals surface area contributed by atoms with Crippen LogP contribution in [-0.2, 0) is 6.54 Å². The van der Waals surface area contributed by atoms with Crippen LogP contribution in [0.4, 0.5) is 0 Å². The van der Waals surface area contributed by atoms with Crippen molar-refractivity contribution in [3.8, 4) is 0 Å². The van der Waals surface area contributed by atoms with Crippen molar-refractivity contribution < 1.29 is 0 Å². The molecule has 1 heterocycles. The predicted octanol–water partition coefficient (Wildman–Crippen LogP) is 2.64. The van der Waals surface area contributed by atoms with Crippen molar-refractivity contribution in [3.05, 3.63) is 22.4 Å². The summed E-state index contributed by atoms with van der Waals surface area (Å²) in [5.41, 5.74) is 0. The SMILES string of the molecule is CC(C)CN(CCN(C)C)C(=S)NCc1cccs1. The van der Waals surface area contributed by atoms with E-state index in [0.717, 1.165) is 31.3 Å². The standard InChI is InChI=1S/C14H25N3S2/c1-12(2)11-17(8-7-16(3)4)14(18)15-10-13-6-5-9-19-13/h5-6,9,12H,7-8,10-11H2,1-4H3,(H,15,18). The lowest BCUT2D eigenvalue weighted by molar-refractivity contribution is 0.304. The Morgan fingerprint density at radius 2 is 2.11 bits per heavy atom. The van der Waals surface area contributed by atoms with E-state index in [4.69, 9.17) is 12.2 Å². The van der Waals surface area contributed by atoms with E-state index in [1.54, 1.807) is 11.3 Å². The van der Waals surface area contributed by atoms with Crippen molar-refractivity contribution in [1.82, 2.24) is 15.1 Å². The highest BCUT2D eigenvalue weighted by Crippen LogP contribution is 2.08. The maximum Gasteiger partial charge on any atom is 0.169 e. The van der Waals surface area contributed by atoms with Crippen LogP contribution >= 0.6 is 23.6 Å². The van der Waals surface area contributed by atoms with E-state index in [1.807, 2.05) is 0 Å². The molecule has 1 rings (SSSR count). The third kappa shape index (κ3) is 6.89. The number of hydrogen-bond donors (Lipinski definition) is 1. The first-order valence-electron chi connectivity index (χ1n) is 6.69. The minimum absolute atomic E-state index is 0.614. The van der Waals surface area contributed by atoms with Gasteiger partial charge >= 0.3 is 0 Å². The van der Waals surface area contributed by atoms with Crippen molar-refractivity contribution in [1.29, 1.82) is 0 Å². The summed E-state index contributed by atoms with van der Waals surface area (Å²) in [6, 6.07) is 4.20. The van der Waals surface area contributed by atoms with Gasteiger partial charge in [0.25, 0.3) is 0 Å². The monoisotopic (exact) mass is 299 g/mol. The lowest BCUT2D eigenvalue weighted by atomic mass is 10.2. The lowest BCUT2D eigenvalue weighted by Crippen LogP contribution is -2.44. The quantitative estimate of drug-likeness (QED) is 0.780. The molecule has 0 spiro atoms. The number of rotatable bonds is 7. The Hall–Kier alpha value is -0.650. The second-order valence-corrected chi connectivity index (χ2v) is 6.80. The molecule has 0 saturated carbocycles. The van der Waals surface area contributed by atoms with Gasteiger partial charge in [0.1, 0.15) is 0 Å².